The van der Waals surface area contributed by atoms with Gasteiger partial charge in [0.25, 0.3) is 0 Å². The molecule has 3 aromatic rings. The van der Waals surface area contributed by atoms with Crippen molar-refractivity contribution in [3.63, 3.8) is 0 Å². The van der Waals surface area contributed by atoms with E-state index in [-0.39, 0.29) is 24.8 Å². The van der Waals surface area contributed by atoms with Crippen molar-refractivity contribution in [3.8, 4) is 5.82 Å². The Morgan fingerprint density at radius 2 is 2.10 bits per heavy atom. The van der Waals surface area contributed by atoms with Crippen LogP contribution < -0.4 is 10.2 Å². The lowest BCUT2D eigenvalue weighted by Crippen LogP contribution is -2.43. The van der Waals surface area contributed by atoms with Crippen LogP contribution in [0.4, 0.5) is 19.0 Å². The fourth-order valence-corrected chi connectivity index (χ4v) is 3.57. The van der Waals surface area contributed by atoms with E-state index in [4.69, 9.17) is 0 Å². The van der Waals surface area contributed by atoms with Crippen LogP contribution in [-0.2, 0) is 17.5 Å². The molecule has 1 fully saturated rings. The van der Waals surface area contributed by atoms with Crippen molar-refractivity contribution in [1.29, 1.82) is 0 Å². The van der Waals surface area contributed by atoms with Gasteiger partial charge >= 0.3 is 6.18 Å². The van der Waals surface area contributed by atoms with Crippen molar-refractivity contribution in [2.45, 2.75) is 25.6 Å². The van der Waals surface area contributed by atoms with Crippen LogP contribution in [0.2, 0.25) is 0 Å². The predicted molar refractivity (Wildman–Crippen MR) is 105 cm³/mol. The molecule has 4 rings (SSSR count). The number of pyridine rings is 2. The van der Waals surface area contributed by atoms with Gasteiger partial charge in [-0.3, -0.25) is 4.79 Å². The first kappa shape index (κ1) is 20.8. The minimum Gasteiger partial charge on any atom is -0.355 e. The van der Waals surface area contributed by atoms with Gasteiger partial charge in [-0.1, -0.05) is 6.07 Å². The van der Waals surface area contributed by atoms with Crippen molar-refractivity contribution in [2.24, 2.45) is 5.92 Å². The van der Waals surface area contributed by atoms with Gasteiger partial charge in [-0.2, -0.15) is 18.3 Å². The van der Waals surface area contributed by atoms with Gasteiger partial charge in [0.15, 0.2) is 5.82 Å². The Kier molecular flexibility index (Phi) is 5.83. The summed E-state index contributed by atoms with van der Waals surface area (Å²) in [5.41, 5.74) is 0.0172. The van der Waals surface area contributed by atoms with Gasteiger partial charge in [0.1, 0.15) is 18.5 Å². The maximum Gasteiger partial charge on any atom is 0.419 e. The lowest BCUT2D eigenvalue weighted by atomic mass is 9.96. The zero-order valence-corrected chi connectivity index (χ0v) is 16.5. The third kappa shape index (κ3) is 4.81. The lowest BCUT2D eigenvalue weighted by Gasteiger charge is -2.34. The number of nitrogens with one attached hydrogen (secondary N) is 1. The van der Waals surface area contributed by atoms with Gasteiger partial charge in [0.05, 0.1) is 11.5 Å². The first-order valence-corrected chi connectivity index (χ1v) is 9.76. The van der Waals surface area contributed by atoms with Crippen LogP contribution in [0.25, 0.3) is 5.82 Å². The van der Waals surface area contributed by atoms with Gasteiger partial charge in [0.2, 0.25) is 5.91 Å². The van der Waals surface area contributed by atoms with Gasteiger partial charge in [-0.05, 0) is 36.6 Å². The maximum absolute atomic E-state index is 13.3. The third-order valence-corrected chi connectivity index (χ3v) is 5.11. The SMILES string of the molecule is O=C(NCc1ccc(-n2cncn2)nc1)[C@H]1CCCN(c2ncccc2C(F)(F)F)C1. The number of nitrogens with zero attached hydrogens (tertiary/aromatic N) is 6. The summed E-state index contributed by atoms with van der Waals surface area (Å²) < 4.78 is 41.5. The van der Waals surface area contributed by atoms with E-state index < -0.39 is 17.7 Å². The summed E-state index contributed by atoms with van der Waals surface area (Å²) in [6.07, 6.45) is 2.64. The summed E-state index contributed by atoms with van der Waals surface area (Å²) in [5, 5.41) is 6.85. The number of alkyl halides is 3. The average Bonchev–Trinajstić information content (AvgIpc) is 3.32. The Balaban J connectivity index is 1.37. The summed E-state index contributed by atoms with van der Waals surface area (Å²) in [5.74, 6) is -0.138. The third-order valence-electron chi connectivity index (χ3n) is 5.11. The topological polar surface area (TPSA) is 88.8 Å². The molecule has 162 valence electrons. The quantitative estimate of drug-likeness (QED) is 0.668. The largest absolute Gasteiger partial charge is 0.419 e. The zero-order chi connectivity index (χ0) is 21.8. The molecular weight excluding hydrogens is 411 g/mol. The lowest BCUT2D eigenvalue weighted by molar-refractivity contribution is -0.137. The van der Waals surface area contributed by atoms with Gasteiger partial charge in [-0.15, -0.1) is 0 Å². The van der Waals surface area contributed by atoms with Crippen molar-refractivity contribution < 1.29 is 18.0 Å². The van der Waals surface area contributed by atoms with Crippen LogP contribution in [-0.4, -0.2) is 43.7 Å². The fraction of sp³-hybridized carbons (Fsp3) is 0.350. The Morgan fingerprint density at radius 1 is 1.23 bits per heavy atom. The zero-order valence-electron chi connectivity index (χ0n) is 16.5. The van der Waals surface area contributed by atoms with Crippen LogP contribution in [0, 0.1) is 5.92 Å². The number of piperidine rings is 1. The molecule has 0 aliphatic carbocycles. The van der Waals surface area contributed by atoms with Gasteiger partial charge < -0.3 is 10.2 Å². The molecule has 0 saturated carbocycles. The molecule has 1 aliphatic heterocycles. The summed E-state index contributed by atoms with van der Waals surface area (Å²) in [7, 11) is 0. The van der Waals surface area contributed by atoms with E-state index in [2.05, 4.69) is 25.4 Å². The average molecular weight is 431 g/mol. The predicted octanol–water partition coefficient (Wildman–Crippen LogP) is 2.61. The second-order valence-electron chi connectivity index (χ2n) is 7.24. The van der Waals surface area contributed by atoms with Gasteiger partial charge in [-0.25, -0.2) is 19.6 Å². The van der Waals surface area contributed by atoms with E-state index in [0.29, 0.717) is 25.2 Å². The van der Waals surface area contributed by atoms with E-state index in [1.807, 2.05) is 6.07 Å². The number of carbonyl (C=O) groups excluding carboxylic acids is 1. The summed E-state index contributed by atoms with van der Waals surface area (Å²) in [4.78, 5) is 26.3. The number of hydrogen-bond acceptors (Lipinski definition) is 6. The van der Waals surface area contributed by atoms with E-state index in [1.54, 1.807) is 17.2 Å². The number of hydrogen-bond donors (Lipinski definition) is 1. The number of rotatable bonds is 5. The minimum atomic E-state index is -4.50. The number of amides is 1. The highest BCUT2D eigenvalue weighted by Crippen LogP contribution is 2.36. The molecule has 1 saturated heterocycles. The molecule has 1 aliphatic rings. The summed E-state index contributed by atoms with van der Waals surface area (Å²) in [6, 6.07) is 5.86. The van der Waals surface area contributed by atoms with Crippen LogP contribution in [0.3, 0.4) is 0 Å². The molecule has 1 atom stereocenters. The highest BCUT2D eigenvalue weighted by molar-refractivity contribution is 5.79. The smallest absolute Gasteiger partial charge is 0.355 e. The molecule has 31 heavy (non-hydrogen) atoms. The molecule has 0 bridgehead atoms. The summed E-state index contributed by atoms with van der Waals surface area (Å²) >= 11 is 0. The molecule has 8 nitrogen and oxygen atoms in total. The summed E-state index contributed by atoms with van der Waals surface area (Å²) in [6.45, 7) is 0.893. The van der Waals surface area contributed by atoms with Crippen molar-refractivity contribution in [1.82, 2.24) is 30.0 Å². The van der Waals surface area contributed by atoms with E-state index in [1.165, 1.54) is 29.6 Å². The number of carbonyl (C=O) groups is 1. The van der Waals surface area contributed by atoms with Crippen molar-refractivity contribution in [3.05, 3.63) is 60.4 Å². The molecule has 1 N–H and O–H groups in total. The molecule has 0 spiro atoms. The van der Waals surface area contributed by atoms with Gasteiger partial charge in [0, 0.05) is 32.0 Å². The highest BCUT2D eigenvalue weighted by Gasteiger charge is 2.37. The molecule has 3 aromatic heterocycles. The maximum atomic E-state index is 13.3. The highest BCUT2D eigenvalue weighted by atomic mass is 19.4. The van der Waals surface area contributed by atoms with Crippen LogP contribution >= 0.6 is 0 Å². The van der Waals surface area contributed by atoms with E-state index >= 15 is 0 Å². The number of anilines is 1. The molecule has 0 unspecified atom stereocenters. The normalized spacial score (nSPS) is 16.9. The van der Waals surface area contributed by atoms with Crippen molar-refractivity contribution in [2.75, 3.05) is 18.0 Å². The molecule has 1 amide bonds. The van der Waals surface area contributed by atoms with Crippen LogP contribution in [0.5, 0.6) is 0 Å². The Bertz CT molecular complexity index is 1020. The second kappa shape index (κ2) is 8.70. The molecule has 0 radical (unpaired) electrons. The number of halogens is 3. The molecular formula is C20H20F3N7O. The fourth-order valence-electron chi connectivity index (χ4n) is 3.57. The Labute approximate surface area is 176 Å². The van der Waals surface area contributed by atoms with E-state index in [9.17, 15) is 18.0 Å². The molecule has 0 aromatic carbocycles. The standard InChI is InChI=1S/C20H20F3N7O/c21-20(22,23)16-4-1-7-25-18(16)29-8-2-3-15(11-29)19(31)27-10-14-5-6-17(26-9-14)30-13-24-12-28-30/h1,4-7,9,12-13,15H,2-3,8,10-11H2,(H,27,31)/t15-/m0/s1. The Morgan fingerprint density at radius 3 is 2.81 bits per heavy atom. The second-order valence-corrected chi connectivity index (χ2v) is 7.24. The van der Waals surface area contributed by atoms with Crippen molar-refractivity contribution >= 4 is 11.7 Å². The monoisotopic (exact) mass is 431 g/mol. The number of aromatic nitrogens is 5. The first-order chi connectivity index (χ1) is 14.9. The van der Waals surface area contributed by atoms with E-state index in [0.717, 1.165) is 11.6 Å². The first-order valence-electron chi connectivity index (χ1n) is 9.76. The molecule has 11 heteroatoms. The minimum absolute atomic E-state index is 0.125. The Hall–Kier alpha value is -3.50. The molecule has 4 heterocycles. The van der Waals surface area contributed by atoms with Crippen LogP contribution in [0.1, 0.15) is 24.0 Å². The van der Waals surface area contributed by atoms with Crippen LogP contribution in [0.15, 0.2) is 49.3 Å².